The van der Waals surface area contributed by atoms with Crippen molar-refractivity contribution in [2.45, 2.75) is 38.9 Å². The molecule has 0 aromatic heterocycles. The van der Waals surface area contributed by atoms with Crippen LogP contribution in [-0.4, -0.2) is 30.0 Å². The Hall–Kier alpha value is -0.220. The molecule has 3 nitrogen and oxygen atoms in total. The fourth-order valence-electron chi connectivity index (χ4n) is 0.984. The summed E-state index contributed by atoms with van der Waals surface area (Å²) in [6.07, 6.45) is 2.17. The topological polar surface area (TPSA) is 55.1 Å². The monoisotopic (exact) mass is 232 g/mol. The normalized spacial score (nSPS) is 14.7. The van der Waals surface area contributed by atoms with Crippen LogP contribution in [0, 0.1) is 5.92 Å². The summed E-state index contributed by atoms with van der Waals surface area (Å²) in [4.78, 5) is 11.6. The van der Waals surface area contributed by atoms with Crippen LogP contribution in [0.15, 0.2) is 0 Å². The molecule has 0 spiro atoms. The third kappa shape index (κ3) is 7.68. The molecular formula is C11H24N2OS. The maximum atomic E-state index is 11.6. The van der Waals surface area contributed by atoms with E-state index in [1.54, 1.807) is 11.8 Å². The van der Waals surface area contributed by atoms with Crippen molar-refractivity contribution in [2.24, 2.45) is 11.7 Å². The molecule has 0 fully saturated rings. The molecule has 4 heteroatoms. The highest BCUT2D eigenvalue weighted by Gasteiger charge is 2.13. The van der Waals surface area contributed by atoms with Crippen LogP contribution >= 0.6 is 11.8 Å². The Labute approximate surface area is 97.6 Å². The smallest absolute Gasteiger partial charge is 0.232 e. The second-order valence-electron chi connectivity index (χ2n) is 3.96. The van der Waals surface area contributed by atoms with E-state index < -0.39 is 0 Å². The molecule has 0 aliphatic rings. The lowest BCUT2D eigenvalue weighted by Crippen LogP contribution is -2.32. The number of nitrogens with two attached hydrogens (primary N) is 1. The number of rotatable bonds is 8. The van der Waals surface area contributed by atoms with Gasteiger partial charge in [0.15, 0.2) is 0 Å². The van der Waals surface area contributed by atoms with Gasteiger partial charge in [0.2, 0.25) is 5.91 Å². The number of nitrogens with one attached hydrogen (secondary N) is 1. The van der Waals surface area contributed by atoms with Crippen LogP contribution in [0.25, 0.3) is 0 Å². The zero-order valence-corrected chi connectivity index (χ0v) is 10.9. The molecule has 0 bridgehead atoms. The Morgan fingerprint density at radius 1 is 1.47 bits per heavy atom. The SMILES string of the molecule is CCCCNC(=O)C(C)SCC(C)CN. The van der Waals surface area contributed by atoms with Crippen LogP contribution in [0.5, 0.6) is 0 Å². The molecule has 1 amide bonds. The van der Waals surface area contributed by atoms with E-state index >= 15 is 0 Å². The van der Waals surface area contributed by atoms with E-state index in [2.05, 4.69) is 19.2 Å². The van der Waals surface area contributed by atoms with Gasteiger partial charge in [-0.05, 0) is 31.6 Å². The third-order valence-electron chi connectivity index (χ3n) is 2.23. The Kier molecular flexibility index (Phi) is 8.91. The predicted molar refractivity (Wildman–Crippen MR) is 68.1 cm³/mol. The maximum Gasteiger partial charge on any atom is 0.232 e. The Balaban J connectivity index is 3.60. The molecule has 0 aliphatic carbocycles. The molecule has 0 aliphatic heterocycles. The quantitative estimate of drug-likeness (QED) is 0.625. The number of carbonyl (C=O) groups excluding carboxylic acids is 1. The van der Waals surface area contributed by atoms with Crippen LogP contribution in [0.2, 0.25) is 0 Å². The van der Waals surface area contributed by atoms with Gasteiger partial charge in [0.05, 0.1) is 5.25 Å². The van der Waals surface area contributed by atoms with Crippen LogP contribution in [-0.2, 0) is 4.79 Å². The van der Waals surface area contributed by atoms with Gasteiger partial charge in [-0.2, -0.15) is 0 Å². The van der Waals surface area contributed by atoms with Gasteiger partial charge >= 0.3 is 0 Å². The molecule has 0 radical (unpaired) electrons. The summed E-state index contributed by atoms with van der Waals surface area (Å²) in [6.45, 7) is 7.67. The molecule has 0 saturated heterocycles. The minimum Gasteiger partial charge on any atom is -0.355 e. The number of hydrogen-bond acceptors (Lipinski definition) is 3. The van der Waals surface area contributed by atoms with Crippen molar-refractivity contribution in [1.29, 1.82) is 0 Å². The van der Waals surface area contributed by atoms with Gasteiger partial charge in [-0.1, -0.05) is 20.3 Å². The van der Waals surface area contributed by atoms with Crippen LogP contribution in [0.3, 0.4) is 0 Å². The molecule has 0 aromatic carbocycles. The van der Waals surface area contributed by atoms with Crippen LogP contribution < -0.4 is 11.1 Å². The zero-order valence-electron chi connectivity index (χ0n) is 10.1. The molecule has 0 rings (SSSR count). The summed E-state index contributed by atoms with van der Waals surface area (Å²) < 4.78 is 0. The number of unbranched alkanes of at least 4 members (excludes halogenated alkanes) is 1. The van der Waals surface area contributed by atoms with Gasteiger partial charge in [-0.25, -0.2) is 0 Å². The van der Waals surface area contributed by atoms with Crippen molar-refractivity contribution < 1.29 is 4.79 Å². The van der Waals surface area contributed by atoms with E-state index in [1.165, 1.54) is 0 Å². The minimum atomic E-state index is 0.0378. The van der Waals surface area contributed by atoms with E-state index in [0.717, 1.165) is 25.1 Å². The van der Waals surface area contributed by atoms with Crippen molar-refractivity contribution in [1.82, 2.24) is 5.32 Å². The largest absolute Gasteiger partial charge is 0.355 e. The van der Waals surface area contributed by atoms with Gasteiger partial charge in [0, 0.05) is 6.54 Å². The Bertz CT molecular complexity index is 176. The Morgan fingerprint density at radius 3 is 2.67 bits per heavy atom. The number of hydrogen-bond donors (Lipinski definition) is 2. The van der Waals surface area contributed by atoms with Gasteiger partial charge in [0.1, 0.15) is 0 Å². The predicted octanol–water partition coefficient (Wildman–Crippen LogP) is 1.62. The van der Waals surface area contributed by atoms with Crippen LogP contribution in [0.4, 0.5) is 0 Å². The summed E-state index contributed by atoms with van der Waals surface area (Å²) >= 11 is 1.68. The highest BCUT2D eigenvalue weighted by Crippen LogP contribution is 2.14. The first-order valence-corrected chi connectivity index (χ1v) is 6.76. The molecular weight excluding hydrogens is 208 g/mol. The van der Waals surface area contributed by atoms with E-state index in [4.69, 9.17) is 5.73 Å². The summed E-state index contributed by atoms with van der Waals surface area (Å²) in [5.74, 6) is 1.59. The lowest BCUT2D eigenvalue weighted by Gasteiger charge is -2.14. The maximum absolute atomic E-state index is 11.6. The zero-order chi connectivity index (χ0) is 11.7. The summed E-state index contributed by atoms with van der Waals surface area (Å²) in [5.41, 5.74) is 5.52. The molecule has 0 aromatic rings. The first-order chi connectivity index (χ1) is 7.11. The molecule has 0 saturated carbocycles. The summed E-state index contributed by atoms with van der Waals surface area (Å²) in [5, 5.41) is 2.97. The first kappa shape index (κ1) is 14.8. The number of amides is 1. The van der Waals surface area contributed by atoms with Crippen molar-refractivity contribution in [3.63, 3.8) is 0 Å². The van der Waals surface area contributed by atoms with Crippen molar-refractivity contribution in [3.05, 3.63) is 0 Å². The number of carbonyl (C=O) groups is 1. The minimum absolute atomic E-state index is 0.0378. The van der Waals surface area contributed by atoms with Gasteiger partial charge in [0.25, 0.3) is 0 Å². The average molecular weight is 232 g/mol. The molecule has 15 heavy (non-hydrogen) atoms. The van der Waals surface area contributed by atoms with E-state index in [1.807, 2.05) is 6.92 Å². The fraction of sp³-hybridized carbons (Fsp3) is 0.909. The summed E-state index contributed by atoms with van der Waals surface area (Å²) in [7, 11) is 0. The lowest BCUT2D eigenvalue weighted by molar-refractivity contribution is -0.120. The van der Waals surface area contributed by atoms with Crippen LogP contribution in [0.1, 0.15) is 33.6 Å². The standard InChI is InChI=1S/C11H24N2OS/c1-4-5-6-13-11(14)10(3)15-8-9(2)7-12/h9-10H,4-8,12H2,1-3H3,(H,13,14). The van der Waals surface area contributed by atoms with Crippen molar-refractivity contribution in [3.8, 4) is 0 Å². The third-order valence-corrected chi connectivity index (χ3v) is 3.71. The second kappa shape index (κ2) is 9.04. The summed E-state index contributed by atoms with van der Waals surface area (Å²) in [6, 6.07) is 0. The van der Waals surface area contributed by atoms with E-state index in [-0.39, 0.29) is 11.2 Å². The van der Waals surface area contributed by atoms with Gasteiger partial charge in [-0.15, -0.1) is 11.8 Å². The molecule has 90 valence electrons. The van der Waals surface area contributed by atoms with E-state index in [9.17, 15) is 4.79 Å². The van der Waals surface area contributed by atoms with Gasteiger partial charge < -0.3 is 11.1 Å². The molecule has 2 atom stereocenters. The van der Waals surface area contributed by atoms with Crippen molar-refractivity contribution in [2.75, 3.05) is 18.8 Å². The fourth-order valence-corrected chi connectivity index (χ4v) is 1.97. The average Bonchev–Trinajstić information content (AvgIpc) is 2.25. The molecule has 0 heterocycles. The highest BCUT2D eigenvalue weighted by atomic mass is 32.2. The number of thioether (sulfide) groups is 1. The van der Waals surface area contributed by atoms with Gasteiger partial charge in [-0.3, -0.25) is 4.79 Å². The first-order valence-electron chi connectivity index (χ1n) is 5.71. The second-order valence-corrected chi connectivity index (χ2v) is 5.33. The molecule has 2 unspecified atom stereocenters. The molecule has 3 N–H and O–H groups in total. The van der Waals surface area contributed by atoms with Crippen molar-refractivity contribution >= 4 is 17.7 Å². The highest BCUT2D eigenvalue weighted by molar-refractivity contribution is 8.00. The lowest BCUT2D eigenvalue weighted by atomic mass is 10.2. The Morgan fingerprint density at radius 2 is 2.13 bits per heavy atom. The van der Waals surface area contributed by atoms with E-state index in [0.29, 0.717) is 12.5 Å².